The highest BCUT2D eigenvalue weighted by Gasteiger charge is 2.31. The maximum Gasteiger partial charge on any atom is 0.191 e. The van der Waals surface area contributed by atoms with Crippen molar-refractivity contribution in [2.45, 2.75) is 29.5 Å². The fourth-order valence-corrected chi connectivity index (χ4v) is 6.00. The zero-order chi connectivity index (χ0) is 21.3. The van der Waals surface area contributed by atoms with Gasteiger partial charge in [-0.3, -0.25) is 0 Å². The molecule has 1 aliphatic rings. The lowest BCUT2D eigenvalue weighted by atomic mass is 9.98. The van der Waals surface area contributed by atoms with Gasteiger partial charge in [-0.25, -0.2) is 17.2 Å². The number of benzene rings is 2. The molecule has 1 unspecified atom stereocenters. The van der Waals surface area contributed by atoms with Crippen molar-refractivity contribution in [1.82, 2.24) is 9.88 Å². The first kappa shape index (κ1) is 20.8. The molecular formula is C23H24F2N2O2S. The third-order valence-electron chi connectivity index (χ3n) is 5.75. The van der Waals surface area contributed by atoms with E-state index in [2.05, 4.69) is 11.9 Å². The largest absolute Gasteiger partial charge is 0.346 e. The van der Waals surface area contributed by atoms with Crippen LogP contribution < -0.4 is 5.32 Å². The number of aromatic nitrogens is 1. The van der Waals surface area contributed by atoms with Crippen molar-refractivity contribution in [1.29, 1.82) is 0 Å². The number of rotatable bonds is 6. The topological polar surface area (TPSA) is 51.1 Å². The minimum atomic E-state index is -3.92. The highest BCUT2D eigenvalue weighted by atomic mass is 32.2. The number of sulfone groups is 1. The molecule has 0 saturated carbocycles. The summed E-state index contributed by atoms with van der Waals surface area (Å²) in [7, 11) is -3.92. The maximum absolute atomic E-state index is 14.0. The van der Waals surface area contributed by atoms with Crippen molar-refractivity contribution in [2.75, 3.05) is 13.1 Å². The van der Waals surface area contributed by atoms with E-state index in [9.17, 15) is 17.2 Å². The van der Waals surface area contributed by atoms with Gasteiger partial charge in [-0.1, -0.05) is 18.2 Å². The number of halogens is 2. The van der Waals surface area contributed by atoms with Crippen LogP contribution in [-0.4, -0.2) is 26.1 Å². The third kappa shape index (κ3) is 3.91. The first-order chi connectivity index (χ1) is 14.4. The van der Waals surface area contributed by atoms with Crippen LogP contribution in [0.25, 0.3) is 10.9 Å². The molecule has 1 fully saturated rings. The van der Waals surface area contributed by atoms with Crippen LogP contribution in [0, 0.1) is 17.6 Å². The van der Waals surface area contributed by atoms with Gasteiger partial charge in [0, 0.05) is 18.1 Å². The van der Waals surface area contributed by atoms with Crippen molar-refractivity contribution < 1.29 is 17.2 Å². The highest BCUT2D eigenvalue weighted by molar-refractivity contribution is 7.92. The lowest BCUT2D eigenvalue weighted by Crippen LogP contribution is -2.29. The molecule has 1 atom stereocenters. The molecule has 3 aromatic rings. The molecule has 1 N–H and O–H groups in total. The third-order valence-corrected chi connectivity index (χ3v) is 7.83. The number of hydrogen-bond donors (Lipinski definition) is 1. The Morgan fingerprint density at radius 3 is 2.57 bits per heavy atom. The van der Waals surface area contributed by atoms with Gasteiger partial charge in [-0.2, -0.15) is 0 Å². The SMILES string of the molecule is C=CC(c1cccc(F)c1)S(=O)(=O)c1cn(CC2CCNCC2)c2cc(F)ccc12. The van der Waals surface area contributed by atoms with Gasteiger partial charge >= 0.3 is 0 Å². The van der Waals surface area contributed by atoms with Crippen molar-refractivity contribution in [3.8, 4) is 0 Å². The number of nitrogens with zero attached hydrogens (tertiary/aromatic N) is 1. The molecule has 158 valence electrons. The second kappa shape index (κ2) is 8.32. The minimum absolute atomic E-state index is 0.112. The van der Waals surface area contributed by atoms with E-state index in [4.69, 9.17) is 0 Å². The average molecular weight is 431 g/mol. The standard InChI is InChI=1S/C23H24F2N2O2S/c1-2-22(17-4-3-5-18(24)12-17)30(28,29)23-15-27(14-16-8-10-26-11-9-16)21-13-19(25)6-7-20(21)23/h2-7,12-13,15-16,22,26H,1,8-11,14H2. The summed E-state index contributed by atoms with van der Waals surface area (Å²) in [5.41, 5.74) is 0.862. The van der Waals surface area contributed by atoms with E-state index in [1.807, 2.05) is 4.57 Å². The van der Waals surface area contributed by atoms with Gasteiger partial charge in [-0.15, -0.1) is 6.58 Å². The molecule has 1 aromatic heterocycles. The van der Waals surface area contributed by atoms with Gasteiger partial charge in [0.25, 0.3) is 0 Å². The fourth-order valence-electron chi connectivity index (χ4n) is 4.21. The molecule has 0 radical (unpaired) electrons. The molecule has 7 heteroatoms. The zero-order valence-electron chi connectivity index (χ0n) is 16.5. The molecule has 2 aromatic carbocycles. The fraction of sp³-hybridized carbons (Fsp3) is 0.304. The van der Waals surface area contributed by atoms with Crippen molar-refractivity contribution >= 4 is 20.7 Å². The summed E-state index contributed by atoms with van der Waals surface area (Å²) in [4.78, 5) is 0.112. The van der Waals surface area contributed by atoms with Crippen LogP contribution in [-0.2, 0) is 16.4 Å². The zero-order valence-corrected chi connectivity index (χ0v) is 17.3. The molecule has 0 spiro atoms. The van der Waals surface area contributed by atoms with E-state index in [1.165, 1.54) is 42.5 Å². The first-order valence-electron chi connectivity index (χ1n) is 10.0. The smallest absolute Gasteiger partial charge is 0.191 e. The Morgan fingerprint density at radius 1 is 1.13 bits per heavy atom. The van der Waals surface area contributed by atoms with Crippen LogP contribution in [0.2, 0.25) is 0 Å². The van der Waals surface area contributed by atoms with E-state index in [0.29, 0.717) is 28.9 Å². The predicted molar refractivity (Wildman–Crippen MR) is 114 cm³/mol. The van der Waals surface area contributed by atoms with E-state index >= 15 is 0 Å². The summed E-state index contributed by atoms with van der Waals surface area (Å²) in [6.07, 6.45) is 4.87. The second-order valence-corrected chi connectivity index (χ2v) is 9.79. The van der Waals surface area contributed by atoms with E-state index in [1.54, 1.807) is 12.3 Å². The summed E-state index contributed by atoms with van der Waals surface area (Å²) in [5.74, 6) is -0.537. The quantitative estimate of drug-likeness (QED) is 0.581. The summed E-state index contributed by atoms with van der Waals surface area (Å²) >= 11 is 0. The summed E-state index contributed by atoms with van der Waals surface area (Å²) in [6.45, 7) is 6.14. The Labute approximate surface area is 175 Å². The van der Waals surface area contributed by atoms with Crippen LogP contribution in [0.3, 0.4) is 0 Å². The van der Waals surface area contributed by atoms with Crippen molar-refractivity contribution in [3.05, 3.63) is 78.5 Å². The molecule has 1 aliphatic heterocycles. The Morgan fingerprint density at radius 2 is 1.87 bits per heavy atom. The molecule has 0 aliphatic carbocycles. The molecule has 2 heterocycles. The Hall–Kier alpha value is -2.51. The second-order valence-electron chi connectivity index (χ2n) is 7.76. The molecule has 0 bridgehead atoms. The number of fused-ring (bicyclic) bond motifs is 1. The van der Waals surface area contributed by atoms with Gasteiger partial charge in [0.05, 0.1) is 10.4 Å². The predicted octanol–water partition coefficient (Wildman–Crippen LogP) is 4.62. The van der Waals surface area contributed by atoms with E-state index in [-0.39, 0.29) is 4.90 Å². The average Bonchev–Trinajstić information content (AvgIpc) is 3.07. The van der Waals surface area contributed by atoms with Crippen molar-refractivity contribution in [3.63, 3.8) is 0 Å². The highest BCUT2D eigenvalue weighted by Crippen LogP contribution is 2.36. The van der Waals surface area contributed by atoms with Crippen LogP contribution in [0.1, 0.15) is 23.7 Å². The lowest BCUT2D eigenvalue weighted by molar-refractivity contribution is 0.336. The van der Waals surface area contributed by atoms with Gasteiger partial charge in [0.15, 0.2) is 9.84 Å². The van der Waals surface area contributed by atoms with Crippen LogP contribution in [0.15, 0.2) is 66.2 Å². The lowest BCUT2D eigenvalue weighted by Gasteiger charge is -2.23. The molecular weight excluding hydrogens is 406 g/mol. The van der Waals surface area contributed by atoms with Crippen LogP contribution in [0.4, 0.5) is 8.78 Å². The summed E-state index contributed by atoms with van der Waals surface area (Å²) in [6, 6.07) is 9.67. The molecule has 1 saturated heterocycles. The molecule has 30 heavy (non-hydrogen) atoms. The molecule has 0 amide bonds. The van der Waals surface area contributed by atoms with Gasteiger partial charge in [-0.05, 0) is 67.7 Å². The van der Waals surface area contributed by atoms with Crippen LogP contribution in [0.5, 0.6) is 0 Å². The Balaban J connectivity index is 1.81. The van der Waals surface area contributed by atoms with Crippen LogP contribution >= 0.6 is 0 Å². The van der Waals surface area contributed by atoms with Gasteiger partial charge in [0.1, 0.15) is 16.9 Å². The van der Waals surface area contributed by atoms with E-state index in [0.717, 1.165) is 25.9 Å². The summed E-state index contributed by atoms with van der Waals surface area (Å²) < 4.78 is 56.7. The molecule has 4 rings (SSSR count). The number of nitrogens with one attached hydrogen (secondary N) is 1. The van der Waals surface area contributed by atoms with E-state index < -0.39 is 26.7 Å². The summed E-state index contributed by atoms with van der Waals surface area (Å²) in [5, 5.41) is 2.68. The number of piperidine rings is 1. The van der Waals surface area contributed by atoms with Crippen molar-refractivity contribution in [2.24, 2.45) is 5.92 Å². The number of hydrogen-bond acceptors (Lipinski definition) is 3. The monoisotopic (exact) mass is 430 g/mol. The normalized spacial score (nSPS) is 16.6. The first-order valence-corrected chi connectivity index (χ1v) is 11.6. The van der Waals surface area contributed by atoms with Gasteiger partial charge in [0.2, 0.25) is 0 Å². The Bertz CT molecular complexity index is 1180. The minimum Gasteiger partial charge on any atom is -0.346 e. The Kier molecular flexibility index (Phi) is 5.75. The maximum atomic E-state index is 14.0. The molecule has 4 nitrogen and oxygen atoms in total. The van der Waals surface area contributed by atoms with Gasteiger partial charge < -0.3 is 9.88 Å².